The number of anilines is 1. The molecule has 0 unspecified atom stereocenters. The molecule has 0 atom stereocenters. The van der Waals surface area contributed by atoms with E-state index in [1.54, 1.807) is 23.7 Å². The van der Waals surface area contributed by atoms with Crippen LogP contribution in [-0.4, -0.2) is 45.0 Å². The predicted molar refractivity (Wildman–Crippen MR) is 105 cm³/mol. The Balaban J connectivity index is 1.41. The smallest absolute Gasteiger partial charge is 0.360 e. The van der Waals surface area contributed by atoms with Gasteiger partial charge in [-0.1, -0.05) is 23.5 Å². The molecular weight excluding hydrogens is 403 g/mol. The first-order valence-corrected chi connectivity index (χ1v) is 10.1. The van der Waals surface area contributed by atoms with Crippen molar-refractivity contribution in [3.8, 4) is 11.3 Å². The van der Waals surface area contributed by atoms with Crippen molar-refractivity contribution in [3.63, 3.8) is 0 Å². The van der Waals surface area contributed by atoms with E-state index in [1.807, 2.05) is 4.90 Å². The molecular formula is C19H20F3N5OS. The van der Waals surface area contributed by atoms with Crippen LogP contribution in [0.15, 0.2) is 30.5 Å². The van der Waals surface area contributed by atoms with E-state index in [2.05, 4.69) is 15.4 Å². The fourth-order valence-electron chi connectivity index (χ4n) is 3.45. The fraction of sp³-hybridized carbons (Fsp3) is 0.421. The van der Waals surface area contributed by atoms with Crippen molar-refractivity contribution in [1.82, 2.24) is 19.5 Å². The highest BCUT2D eigenvalue weighted by Crippen LogP contribution is 2.32. The van der Waals surface area contributed by atoms with E-state index in [0.717, 1.165) is 49.7 Å². The van der Waals surface area contributed by atoms with Gasteiger partial charge in [0.2, 0.25) is 16.0 Å². The number of aromatic nitrogens is 3. The lowest BCUT2D eigenvalue weighted by Gasteiger charge is -2.31. The summed E-state index contributed by atoms with van der Waals surface area (Å²) in [5, 5.41) is 8.47. The predicted octanol–water partition coefficient (Wildman–Crippen LogP) is 4.15. The van der Waals surface area contributed by atoms with Crippen molar-refractivity contribution in [2.45, 2.75) is 25.9 Å². The first-order valence-electron chi connectivity index (χ1n) is 9.33. The van der Waals surface area contributed by atoms with Gasteiger partial charge in [-0.05, 0) is 30.9 Å². The second-order valence-electron chi connectivity index (χ2n) is 7.17. The quantitative estimate of drug-likeness (QED) is 0.685. The van der Waals surface area contributed by atoms with Gasteiger partial charge in [0.05, 0.1) is 17.5 Å². The Labute approximate surface area is 169 Å². The van der Waals surface area contributed by atoms with Crippen molar-refractivity contribution >= 4 is 27.3 Å². The van der Waals surface area contributed by atoms with Crippen LogP contribution in [0.1, 0.15) is 25.3 Å². The lowest BCUT2D eigenvalue weighted by atomic mass is 9.97. The van der Waals surface area contributed by atoms with Gasteiger partial charge in [-0.3, -0.25) is 4.79 Å². The van der Waals surface area contributed by atoms with Crippen LogP contribution in [0.3, 0.4) is 0 Å². The molecule has 1 amide bonds. The van der Waals surface area contributed by atoms with Gasteiger partial charge >= 0.3 is 6.18 Å². The molecule has 29 heavy (non-hydrogen) atoms. The highest BCUT2D eigenvalue weighted by molar-refractivity contribution is 7.20. The minimum Gasteiger partial charge on any atom is -0.360 e. The molecule has 0 radical (unpaired) electrons. The van der Waals surface area contributed by atoms with E-state index in [-0.39, 0.29) is 5.91 Å². The van der Waals surface area contributed by atoms with E-state index < -0.39 is 11.7 Å². The molecule has 154 valence electrons. The molecule has 1 fully saturated rings. The summed E-state index contributed by atoms with van der Waals surface area (Å²) in [7, 11) is 0. The average molecular weight is 423 g/mol. The zero-order valence-corrected chi connectivity index (χ0v) is 16.6. The Morgan fingerprint density at radius 3 is 2.72 bits per heavy atom. The molecule has 1 aromatic carbocycles. The largest absolute Gasteiger partial charge is 0.416 e. The van der Waals surface area contributed by atoms with Crippen LogP contribution >= 0.6 is 11.3 Å². The molecule has 3 aromatic rings. The number of rotatable bonds is 4. The molecule has 3 heterocycles. The number of nitrogens with one attached hydrogen (secondary N) is 1. The Morgan fingerprint density at radius 2 is 2.07 bits per heavy atom. The molecule has 0 aliphatic carbocycles. The number of hydrogen-bond acceptors (Lipinski definition) is 5. The highest BCUT2D eigenvalue weighted by Gasteiger charge is 2.30. The van der Waals surface area contributed by atoms with Gasteiger partial charge in [0.1, 0.15) is 0 Å². The van der Waals surface area contributed by atoms with E-state index in [1.165, 1.54) is 17.4 Å². The second kappa shape index (κ2) is 7.66. The van der Waals surface area contributed by atoms with Crippen LogP contribution < -0.4 is 5.32 Å². The maximum Gasteiger partial charge on any atom is 0.416 e. The first-order chi connectivity index (χ1) is 13.8. The van der Waals surface area contributed by atoms with Crippen LogP contribution in [0, 0.1) is 5.92 Å². The average Bonchev–Trinajstić information content (AvgIpc) is 3.25. The standard InChI is InChI=1S/C19H20F3N5OS/c1-12(28)26-7-5-13(6-8-26)10-23-17-25-27-11-16(24-18(27)29-17)14-3-2-4-15(9-14)19(20,21)22/h2-4,9,11,13H,5-8,10H2,1H3,(H,23,25). The van der Waals surface area contributed by atoms with Gasteiger partial charge < -0.3 is 10.2 Å². The van der Waals surface area contributed by atoms with Crippen LogP contribution in [0.4, 0.5) is 18.3 Å². The molecule has 1 saturated heterocycles. The Morgan fingerprint density at radius 1 is 1.31 bits per heavy atom. The summed E-state index contributed by atoms with van der Waals surface area (Å²) >= 11 is 1.36. The van der Waals surface area contributed by atoms with E-state index >= 15 is 0 Å². The van der Waals surface area contributed by atoms with Gasteiger partial charge in [0.15, 0.2) is 0 Å². The zero-order chi connectivity index (χ0) is 20.6. The number of fused-ring (bicyclic) bond motifs is 1. The number of hydrogen-bond donors (Lipinski definition) is 1. The summed E-state index contributed by atoms with van der Waals surface area (Å²) < 4.78 is 40.3. The normalized spacial score (nSPS) is 15.8. The molecule has 4 rings (SSSR count). The number of nitrogens with zero attached hydrogens (tertiary/aromatic N) is 4. The summed E-state index contributed by atoms with van der Waals surface area (Å²) in [5.74, 6) is 0.594. The third-order valence-corrected chi connectivity index (χ3v) is 6.01. The molecule has 0 spiro atoms. The van der Waals surface area contributed by atoms with E-state index in [4.69, 9.17) is 0 Å². The maximum absolute atomic E-state index is 12.9. The van der Waals surface area contributed by atoms with Crippen LogP contribution in [0.25, 0.3) is 16.2 Å². The minimum absolute atomic E-state index is 0.120. The van der Waals surface area contributed by atoms with Crippen LogP contribution in [0.5, 0.6) is 0 Å². The number of benzene rings is 1. The molecule has 10 heteroatoms. The summed E-state index contributed by atoms with van der Waals surface area (Å²) in [4.78, 5) is 18.3. The third-order valence-electron chi connectivity index (χ3n) is 5.13. The minimum atomic E-state index is -4.39. The van der Waals surface area contributed by atoms with Crippen molar-refractivity contribution in [1.29, 1.82) is 0 Å². The Bertz CT molecular complexity index is 989. The lowest BCUT2D eigenvalue weighted by molar-refractivity contribution is -0.137. The number of likely N-dealkylation sites (tertiary alicyclic amines) is 1. The molecule has 1 N–H and O–H groups in total. The summed E-state index contributed by atoms with van der Waals surface area (Å²) in [6, 6.07) is 5.12. The summed E-state index contributed by atoms with van der Waals surface area (Å²) in [6.07, 6.45) is -0.843. The Hall–Kier alpha value is -2.62. The lowest BCUT2D eigenvalue weighted by Crippen LogP contribution is -2.38. The van der Waals surface area contributed by atoms with Crippen molar-refractivity contribution in [3.05, 3.63) is 36.0 Å². The molecule has 1 aliphatic rings. The number of alkyl halides is 3. The SMILES string of the molecule is CC(=O)N1CCC(CNc2nn3cc(-c4cccc(C(F)(F)F)c4)nc3s2)CC1. The van der Waals surface area contributed by atoms with E-state index in [0.29, 0.717) is 22.1 Å². The second-order valence-corrected chi connectivity index (χ2v) is 8.13. The topological polar surface area (TPSA) is 62.5 Å². The van der Waals surface area contributed by atoms with Gasteiger partial charge in [-0.15, -0.1) is 5.10 Å². The highest BCUT2D eigenvalue weighted by atomic mass is 32.1. The number of piperidine rings is 1. The van der Waals surface area contributed by atoms with Gasteiger partial charge in [-0.25, -0.2) is 9.50 Å². The molecule has 6 nitrogen and oxygen atoms in total. The van der Waals surface area contributed by atoms with Crippen molar-refractivity contribution in [2.75, 3.05) is 25.0 Å². The third kappa shape index (κ3) is 4.36. The number of imidazole rings is 1. The monoisotopic (exact) mass is 423 g/mol. The molecule has 0 saturated carbocycles. The molecule has 0 bridgehead atoms. The summed E-state index contributed by atoms with van der Waals surface area (Å²) in [6.45, 7) is 3.92. The van der Waals surface area contributed by atoms with Gasteiger partial charge in [-0.2, -0.15) is 13.2 Å². The zero-order valence-electron chi connectivity index (χ0n) is 15.7. The Kier molecular flexibility index (Phi) is 5.20. The first kappa shape index (κ1) is 19.7. The number of amides is 1. The summed E-state index contributed by atoms with van der Waals surface area (Å²) in [5.41, 5.74) is 0.166. The van der Waals surface area contributed by atoms with E-state index in [9.17, 15) is 18.0 Å². The molecule has 1 aliphatic heterocycles. The maximum atomic E-state index is 12.9. The van der Waals surface area contributed by atoms with Gasteiger partial charge in [0.25, 0.3) is 0 Å². The fourth-order valence-corrected chi connectivity index (χ4v) is 4.24. The number of carbonyl (C=O) groups excluding carboxylic acids is 1. The molecule has 2 aromatic heterocycles. The number of halogens is 3. The van der Waals surface area contributed by atoms with Crippen LogP contribution in [0.2, 0.25) is 0 Å². The van der Waals surface area contributed by atoms with Crippen molar-refractivity contribution < 1.29 is 18.0 Å². The number of carbonyl (C=O) groups is 1. The van der Waals surface area contributed by atoms with Gasteiger partial charge in [0, 0.05) is 32.1 Å². The van der Waals surface area contributed by atoms with Crippen molar-refractivity contribution in [2.24, 2.45) is 5.92 Å². The van der Waals surface area contributed by atoms with Crippen LogP contribution in [-0.2, 0) is 11.0 Å².